The number of oxazole rings is 1. The molecular weight excluding hydrogens is 274 g/mol. The van der Waals surface area contributed by atoms with Gasteiger partial charge in [-0.3, -0.25) is 4.79 Å². The van der Waals surface area contributed by atoms with Crippen LogP contribution in [0, 0.1) is 6.92 Å². The molecule has 1 aliphatic carbocycles. The minimum Gasteiger partial charge on any atom is -0.440 e. The zero-order valence-corrected chi connectivity index (χ0v) is 13.1. The van der Waals surface area contributed by atoms with Gasteiger partial charge in [0, 0.05) is 11.3 Å². The topological polar surface area (TPSA) is 81.1 Å². The van der Waals surface area contributed by atoms with Crippen molar-refractivity contribution in [1.82, 2.24) is 10.3 Å². The number of carbonyl (C=O) groups excluding carboxylic acids is 1. The monoisotopic (exact) mass is 297 g/mol. The van der Waals surface area contributed by atoms with E-state index in [0.29, 0.717) is 10.5 Å². The van der Waals surface area contributed by atoms with Gasteiger partial charge in [-0.15, -0.1) is 0 Å². The molecule has 0 aromatic carbocycles. The first kappa shape index (κ1) is 15.4. The van der Waals surface area contributed by atoms with E-state index in [1.165, 1.54) is 0 Å². The first-order valence-corrected chi connectivity index (χ1v) is 7.95. The van der Waals surface area contributed by atoms with E-state index in [1.807, 2.05) is 20.8 Å². The van der Waals surface area contributed by atoms with Crippen molar-refractivity contribution in [3.8, 4) is 0 Å². The maximum atomic E-state index is 11.9. The minimum atomic E-state index is -0.592. The zero-order chi connectivity index (χ0) is 14.8. The number of thioether (sulfide) groups is 1. The Balaban J connectivity index is 2.07. The second kappa shape index (κ2) is 6.18. The number of hydrogen-bond acceptors (Lipinski definition) is 5. The summed E-state index contributed by atoms with van der Waals surface area (Å²) < 4.78 is 5.39. The normalized spacial score (nSPS) is 26.9. The predicted molar refractivity (Wildman–Crippen MR) is 79.6 cm³/mol. The quantitative estimate of drug-likeness (QED) is 0.871. The molecule has 20 heavy (non-hydrogen) atoms. The van der Waals surface area contributed by atoms with Gasteiger partial charge in [0.1, 0.15) is 6.26 Å². The van der Waals surface area contributed by atoms with Gasteiger partial charge in [0.15, 0.2) is 0 Å². The van der Waals surface area contributed by atoms with Crippen LogP contribution in [-0.4, -0.2) is 27.7 Å². The number of hydrogen-bond donors (Lipinski definition) is 2. The van der Waals surface area contributed by atoms with E-state index in [0.717, 1.165) is 31.4 Å². The number of rotatable bonds is 5. The van der Waals surface area contributed by atoms with E-state index in [2.05, 4.69) is 10.3 Å². The first-order chi connectivity index (χ1) is 9.41. The molecule has 1 aromatic heterocycles. The van der Waals surface area contributed by atoms with Crippen LogP contribution in [0.1, 0.15) is 45.2 Å². The Bertz CT molecular complexity index is 475. The number of primary amides is 1. The van der Waals surface area contributed by atoms with E-state index in [4.69, 9.17) is 10.2 Å². The minimum absolute atomic E-state index is 0.232. The predicted octanol–water partition coefficient (Wildman–Crippen LogP) is 2.24. The molecule has 0 bridgehead atoms. The Morgan fingerprint density at radius 3 is 2.95 bits per heavy atom. The Morgan fingerprint density at radius 2 is 2.40 bits per heavy atom. The van der Waals surface area contributed by atoms with Crippen molar-refractivity contribution in [2.45, 2.75) is 68.5 Å². The lowest BCUT2D eigenvalue weighted by Crippen LogP contribution is -2.60. The molecule has 1 amide bonds. The SMILES string of the molecule is Cc1coc(SC2CCCC(NC(C)C)(C(N)=O)C2)n1. The van der Waals surface area contributed by atoms with Gasteiger partial charge in [0.05, 0.1) is 11.2 Å². The van der Waals surface area contributed by atoms with E-state index in [9.17, 15) is 4.79 Å². The van der Waals surface area contributed by atoms with Gasteiger partial charge in [-0.25, -0.2) is 4.98 Å². The molecule has 1 aromatic rings. The molecule has 1 saturated carbocycles. The van der Waals surface area contributed by atoms with Crippen LogP contribution in [0.3, 0.4) is 0 Å². The highest BCUT2D eigenvalue weighted by Gasteiger charge is 2.42. The van der Waals surface area contributed by atoms with Crippen molar-refractivity contribution in [2.24, 2.45) is 5.73 Å². The zero-order valence-electron chi connectivity index (χ0n) is 12.3. The van der Waals surface area contributed by atoms with Crippen LogP contribution in [0.25, 0.3) is 0 Å². The van der Waals surface area contributed by atoms with Crippen LogP contribution < -0.4 is 11.1 Å². The molecule has 6 heteroatoms. The third-order valence-corrected chi connectivity index (χ3v) is 4.73. The summed E-state index contributed by atoms with van der Waals surface area (Å²) in [6.07, 6.45) is 5.23. The van der Waals surface area contributed by atoms with E-state index < -0.39 is 5.54 Å². The number of aryl methyl sites for hydroxylation is 1. The van der Waals surface area contributed by atoms with E-state index in [-0.39, 0.29) is 11.9 Å². The Morgan fingerprint density at radius 1 is 1.65 bits per heavy atom. The van der Waals surface area contributed by atoms with Crippen LogP contribution in [0.15, 0.2) is 15.9 Å². The number of amides is 1. The van der Waals surface area contributed by atoms with Crippen LogP contribution in [0.5, 0.6) is 0 Å². The maximum absolute atomic E-state index is 11.9. The molecule has 1 fully saturated rings. The third-order valence-electron chi connectivity index (χ3n) is 3.61. The van der Waals surface area contributed by atoms with Crippen molar-refractivity contribution in [3.63, 3.8) is 0 Å². The summed E-state index contributed by atoms with van der Waals surface area (Å²) in [7, 11) is 0. The highest BCUT2D eigenvalue weighted by atomic mass is 32.2. The fourth-order valence-electron chi connectivity index (χ4n) is 2.83. The highest BCUT2D eigenvalue weighted by molar-refractivity contribution is 7.99. The molecule has 5 nitrogen and oxygen atoms in total. The third kappa shape index (κ3) is 3.55. The van der Waals surface area contributed by atoms with Crippen LogP contribution in [0.2, 0.25) is 0 Å². The Labute approximate surface area is 124 Å². The summed E-state index contributed by atoms with van der Waals surface area (Å²) in [5.41, 5.74) is 5.95. The second-order valence-corrected chi connectivity index (χ2v) is 7.09. The van der Waals surface area contributed by atoms with Crippen molar-refractivity contribution in [1.29, 1.82) is 0 Å². The average molecular weight is 297 g/mol. The van der Waals surface area contributed by atoms with Gasteiger partial charge in [0.2, 0.25) is 5.91 Å². The molecular formula is C14H23N3O2S. The number of aromatic nitrogens is 1. The van der Waals surface area contributed by atoms with Crippen LogP contribution in [0.4, 0.5) is 0 Å². The van der Waals surface area contributed by atoms with Gasteiger partial charge >= 0.3 is 0 Å². The molecule has 0 aliphatic heterocycles. The molecule has 2 rings (SSSR count). The van der Waals surface area contributed by atoms with Crippen molar-refractivity contribution in [2.75, 3.05) is 0 Å². The molecule has 3 N–H and O–H groups in total. The molecule has 2 unspecified atom stereocenters. The molecule has 112 valence electrons. The van der Waals surface area contributed by atoms with Crippen molar-refractivity contribution in [3.05, 3.63) is 12.0 Å². The summed E-state index contributed by atoms with van der Waals surface area (Å²) in [6.45, 7) is 5.99. The fraction of sp³-hybridized carbons (Fsp3) is 0.714. The highest BCUT2D eigenvalue weighted by Crippen LogP contribution is 2.38. The standard InChI is InChI=1S/C14H23N3O2S/c1-9(2)17-14(12(15)18)6-4-5-11(7-14)20-13-16-10(3)8-19-13/h8-9,11,17H,4-7H2,1-3H3,(H2,15,18). The summed E-state index contributed by atoms with van der Waals surface area (Å²) in [6, 6.07) is 0.232. The lowest BCUT2D eigenvalue weighted by molar-refractivity contribution is -0.126. The molecule has 0 radical (unpaired) electrons. The van der Waals surface area contributed by atoms with E-state index in [1.54, 1.807) is 18.0 Å². The Kier molecular flexibility index (Phi) is 4.75. The lowest BCUT2D eigenvalue weighted by atomic mass is 9.80. The number of carbonyl (C=O) groups is 1. The Hall–Kier alpha value is -1.01. The summed E-state index contributed by atoms with van der Waals surface area (Å²) in [4.78, 5) is 16.2. The molecule has 0 saturated heterocycles. The maximum Gasteiger partial charge on any atom is 0.256 e. The largest absolute Gasteiger partial charge is 0.440 e. The molecule has 1 aliphatic rings. The average Bonchev–Trinajstić information content (AvgIpc) is 2.74. The fourth-order valence-corrected chi connectivity index (χ4v) is 4.07. The number of nitrogens with zero attached hydrogens (tertiary/aromatic N) is 1. The number of nitrogens with two attached hydrogens (primary N) is 1. The van der Waals surface area contributed by atoms with Gasteiger partial charge in [-0.1, -0.05) is 11.8 Å². The van der Waals surface area contributed by atoms with Gasteiger partial charge in [-0.05, 0) is 46.5 Å². The summed E-state index contributed by atoms with van der Waals surface area (Å²) >= 11 is 1.61. The smallest absolute Gasteiger partial charge is 0.256 e. The second-order valence-electron chi connectivity index (χ2n) is 5.84. The van der Waals surface area contributed by atoms with Crippen molar-refractivity contribution < 1.29 is 9.21 Å². The first-order valence-electron chi connectivity index (χ1n) is 7.08. The van der Waals surface area contributed by atoms with Gasteiger partial charge in [0.25, 0.3) is 5.22 Å². The summed E-state index contributed by atoms with van der Waals surface area (Å²) in [5.74, 6) is -0.250. The molecule has 1 heterocycles. The van der Waals surface area contributed by atoms with Crippen LogP contribution in [-0.2, 0) is 4.79 Å². The molecule has 0 spiro atoms. The lowest BCUT2D eigenvalue weighted by Gasteiger charge is -2.40. The van der Waals surface area contributed by atoms with Crippen LogP contribution >= 0.6 is 11.8 Å². The summed E-state index contributed by atoms with van der Waals surface area (Å²) in [5, 5.41) is 4.36. The van der Waals surface area contributed by atoms with Gasteiger partial charge in [-0.2, -0.15) is 0 Å². The number of nitrogens with one attached hydrogen (secondary N) is 1. The van der Waals surface area contributed by atoms with Gasteiger partial charge < -0.3 is 15.5 Å². The van der Waals surface area contributed by atoms with E-state index >= 15 is 0 Å². The molecule has 2 atom stereocenters. The van der Waals surface area contributed by atoms with Crippen molar-refractivity contribution >= 4 is 17.7 Å².